The van der Waals surface area contributed by atoms with Gasteiger partial charge in [-0.1, -0.05) is 19.4 Å². The number of amides is 2. The second-order valence-corrected chi connectivity index (χ2v) is 11.5. The van der Waals surface area contributed by atoms with Crippen molar-refractivity contribution in [3.8, 4) is 0 Å². The third-order valence-corrected chi connectivity index (χ3v) is 9.79. The maximum Gasteiger partial charge on any atom is 0.229 e. The number of aryl methyl sites for hydroxylation is 1. The highest BCUT2D eigenvalue weighted by atomic mass is 16.2. The SMILES string of the molecule is CC1=C2N(C)C(=O)CC[C@]2(C)[C@@H]2CC[C@]3(C)C(C(=O)Nc4cc(C)ccn4)CC[C@H]3[C@@H]2C1. The molecule has 2 amide bonds. The number of likely N-dealkylation sites (tertiary alicyclic amines) is 1. The Morgan fingerprint density at radius 3 is 2.69 bits per heavy atom. The molecule has 0 bridgehead atoms. The van der Waals surface area contributed by atoms with E-state index in [9.17, 15) is 9.59 Å². The van der Waals surface area contributed by atoms with Gasteiger partial charge in [-0.15, -0.1) is 0 Å². The molecule has 4 aliphatic rings. The number of anilines is 1. The molecule has 0 radical (unpaired) electrons. The van der Waals surface area contributed by atoms with Gasteiger partial charge in [0.2, 0.25) is 11.8 Å². The number of nitrogens with one attached hydrogen (secondary N) is 1. The molecule has 1 N–H and O–H groups in total. The molecule has 2 heterocycles. The number of aromatic nitrogens is 1. The van der Waals surface area contributed by atoms with Crippen molar-refractivity contribution in [1.29, 1.82) is 0 Å². The van der Waals surface area contributed by atoms with Crippen molar-refractivity contribution < 1.29 is 9.59 Å². The molecule has 3 aliphatic carbocycles. The van der Waals surface area contributed by atoms with E-state index in [1.165, 1.54) is 11.3 Å². The van der Waals surface area contributed by atoms with Gasteiger partial charge in [-0.2, -0.15) is 0 Å². The predicted molar refractivity (Wildman–Crippen MR) is 126 cm³/mol. The number of allylic oxidation sites excluding steroid dienone is 2. The molecule has 3 fully saturated rings. The number of nitrogens with zero attached hydrogens (tertiary/aromatic N) is 2. The minimum absolute atomic E-state index is 0.0413. The molecule has 2 saturated carbocycles. The largest absolute Gasteiger partial charge is 0.319 e. The first-order chi connectivity index (χ1) is 15.1. The van der Waals surface area contributed by atoms with Crippen molar-refractivity contribution in [2.45, 2.75) is 72.6 Å². The van der Waals surface area contributed by atoms with Crippen LogP contribution in [-0.4, -0.2) is 28.7 Å². The average molecular weight is 436 g/mol. The zero-order valence-electron chi connectivity index (χ0n) is 20.2. The van der Waals surface area contributed by atoms with E-state index in [0.29, 0.717) is 30.0 Å². The third kappa shape index (κ3) is 3.07. The summed E-state index contributed by atoms with van der Waals surface area (Å²) in [5.74, 6) is 2.90. The van der Waals surface area contributed by atoms with Crippen molar-refractivity contribution in [2.75, 3.05) is 12.4 Å². The summed E-state index contributed by atoms with van der Waals surface area (Å²) in [6.07, 6.45) is 8.80. The van der Waals surface area contributed by atoms with E-state index in [4.69, 9.17) is 0 Å². The lowest BCUT2D eigenvalue weighted by Gasteiger charge is -2.59. The fourth-order valence-corrected chi connectivity index (χ4v) is 8.36. The van der Waals surface area contributed by atoms with Crippen LogP contribution in [0.5, 0.6) is 0 Å². The van der Waals surface area contributed by atoms with Gasteiger partial charge in [-0.3, -0.25) is 9.59 Å². The summed E-state index contributed by atoms with van der Waals surface area (Å²) < 4.78 is 0. The first-order valence-corrected chi connectivity index (χ1v) is 12.4. The summed E-state index contributed by atoms with van der Waals surface area (Å²) in [5, 5.41) is 3.12. The second-order valence-electron chi connectivity index (χ2n) is 11.5. The number of pyridine rings is 1. The van der Waals surface area contributed by atoms with Gasteiger partial charge in [0.1, 0.15) is 5.82 Å². The van der Waals surface area contributed by atoms with Gasteiger partial charge in [-0.05, 0) is 93.2 Å². The lowest BCUT2D eigenvalue weighted by Crippen LogP contribution is -2.54. The molecule has 1 saturated heterocycles. The number of fused-ring (bicyclic) bond motifs is 5. The smallest absolute Gasteiger partial charge is 0.229 e. The molecule has 5 heteroatoms. The number of hydrogen-bond donors (Lipinski definition) is 1. The summed E-state index contributed by atoms with van der Waals surface area (Å²) in [5.41, 5.74) is 3.93. The molecular formula is C27H37N3O2. The van der Waals surface area contributed by atoms with Crippen LogP contribution < -0.4 is 5.32 Å². The zero-order chi connectivity index (χ0) is 22.8. The van der Waals surface area contributed by atoms with Crippen LogP contribution in [0, 0.1) is 41.4 Å². The summed E-state index contributed by atoms with van der Waals surface area (Å²) in [4.78, 5) is 32.1. The van der Waals surface area contributed by atoms with E-state index >= 15 is 0 Å². The maximum absolute atomic E-state index is 13.4. The highest BCUT2D eigenvalue weighted by molar-refractivity contribution is 5.92. The molecule has 172 valence electrons. The standard InChI is InChI=1S/C27H37N3O2/c1-16-10-13-28-22(14-16)29-25(32)21-7-6-19-18-15-17(2)24-27(4,12-9-23(31)30(24)5)20(18)8-11-26(19,21)3/h10,13-14,18-21H,6-9,11-12,15H2,1-5H3,(H,28,29,32)/t18-,19-,20+,21?,26-,27+/m0/s1. The van der Waals surface area contributed by atoms with E-state index < -0.39 is 0 Å². The summed E-state index contributed by atoms with van der Waals surface area (Å²) in [6.45, 7) is 9.06. The number of hydrogen-bond acceptors (Lipinski definition) is 3. The minimum atomic E-state index is 0.0413. The molecule has 5 nitrogen and oxygen atoms in total. The van der Waals surface area contributed by atoms with Crippen molar-refractivity contribution >= 4 is 17.6 Å². The topological polar surface area (TPSA) is 62.3 Å². The lowest BCUT2D eigenvalue weighted by molar-refractivity contribution is -0.137. The molecule has 1 unspecified atom stereocenters. The van der Waals surface area contributed by atoms with Crippen LogP contribution in [0.25, 0.3) is 0 Å². The van der Waals surface area contributed by atoms with Crippen LogP contribution in [0.4, 0.5) is 5.82 Å². The van der Waals surface area contributed by atoms with E-state index in [1.54, 1.807) is 6.20 Å². The van der Waals surface area contributed by atoms with Crippen molar-refractivity contribution in [2.24, 2.45) is 34.5 Å². The lowest BCUT2D eigenvalue weighted by atomic mass is 9.48. The first-order valence-electron chi connectivity index (χ1n) is 12.4. The van der Waals surface area contributed by atoms with Crippen LogP contribution in [0.2, 0.25) is 0 Å². The Balaban J connectivity index is 1.42. The Kier molecular flexibility index (Phi) is 5.03. The normalized spacial score (nSPS) is 38.8. The highest BCUT2D eigenvalue weighted by Gasteiger charge is 2.61. The Labute approximate surface area is 192 Å². The quantitative estimate of drug-likeness (QED) is 0.683. The number of rotatable bonds is 2. The van der Waals surface area contributed by atoms with Crippen LogP contribution in [0.15, 0.2) is 29.6 Å². The Bertz CT molecular complexity index is 1000. The van der Waals surface area contributed by atoms with Crippen LogP contribution in [0.1, 0.15) is 71.3 Å². The highest BCUT2D eigenvalue weighted by Crippen LogP contribution is 2.66. The van der Waals surface area contributed by atoms with Crippen molar-refractivity contribution in [3.05, 3.63) is 35.2 Å². The molecule has 0 aromatic carbocycles. The summed E-state index contributed by atoms with van der Waals surface area (Å²) in [7, 11) is 1.97. The number of piperidine rings is 1. The Morgan fingerprint density at radius 1 is 1.16 bits per heavy atom. The molecule has 1 aliphatic heterocycles. The van der Waals surface area contributed by atoms with Crippen LogP contribution >= 0.6 is 0 Å². The zero-order valence-corrected chi connectivity index (χ0v) is 20.2. The fraction of sp³-hybridized carbons (Fsp3) is 0.667. The minimum Gasteiger partial charge on any atom is -0.319 e. The molecular weight excluding hydrogens is 398 g/mol. The van der Waals surface area contributed by atoms with Gasteiger partial charge < -0.3 is 10.2 Å². The second kappa shape index (κ2) is 7.43. The molecule has 6 atom stereocenters. The van der Waals surface area contributed by atoms with Gasteiger partial charge in [0.05, 0.1) is 0 Å². The third-order valence-electron chi connectivity index (χ3n) is 9.79. The predicted octanol–water partition coefficient (Wildman–Crippen LogP) is 5.32. The fourth-order valence-electron chi connectivity index (χ4n) is 8.36. The van der Waals surface area contributed by atoms with Gasteiger partial charge in [-0.25, -0.2) is 4.98 Å². The first kappa shape index (κ1) is 21.7. The molecule has 1 aromatic heterocycles. The average Bonchev–Trinajstić information content (AvgIpc) is 3.09. The number of carbonyl (C=O) groups excluding carboxylic acids is 2. The van der Waals surface area contributed by atoms with Crippen molar-refractivity contribution in [1.82, 2.24) is 9.88 Å². The Morgan fingerprint density at radius 2 is 1.94 bits per heavy atom. The summed E-state index contributed by atoms with van der Waals surface area (Å²) in [6, 6.07) is 3.90. The van der Waals surface area contributed by atoms with E-state index in [-0.39, 0.29) is 28.6 Å². The van der Waals surface area contributed by atoms with Gasteiger partial charge in [0.25, 0.3) is 0 Å². The van der Waals surface area contributed by atoms with Crippen LogP contribution in [0.3, 0.4) is 0 Å². The van der Waals surface area contributed by atoms with Crippen LogP contribution in [-0.2, 0) is 9.59 Å². The maximum atomic E-state index is 13.4. The van der Waals surface area contributed by atoms with Gasteiger partial charge in [0.15, 0.2) is 0 Å². The van der Waals surface area contributed by atoms with Gasteiger partial charge in [0, 0.05) is 36.7 Å². The summed E-state index contributed by atoms with van der Waals surface area (Å²) >= 11 is 0. The monoisotopic (exact) mass is 435 g/mol. The van der Waals surface area contributed by atoms with E-state index in [2.05, 4.69) is 31.1 Å². The molecule has 5 rings (SSSR count). The molecule has 0 spiro atoms. The molecule has 32 heavy (non-hydrogen) atoms. The van der Waals surface area contributed by atoms with Gasteiger partial charge >= 0.3 is 0 Å². The van der Waals surface area contributed by atoms with Crippen molar-refractivity contribution in [3.63, 3.8) is 0 Å². The van der Waals surface area contributed by atoms with E-state index in [1.807, 2.05) is 31.0 Å². The molecule has 1 aromatic rings. The van der Waals surface area contributed by atoms with E-state index in [0.717, 1.165) is 44.1 Å². The number of carbonyl (C=O) groups is 2. The Hall–Kier alpha value is -2.17.